The molecule has 0 amide bonds. The number of aliphatic hydroxyl groups is 1. The predicted octanol–water partition coefficient (Wildman–Crippen LogP) is 3.81. The summed E-state index contributed by atoms with van der Waals surface area (Å²) in [7, 11) is 0. The largest absolute Gasteiger partial charge is 0.381 e. The van der Waals surface area contributed by atoms with Crippen molar-refractivity contribution in [2.45, 2.75) is 31.9 Å². The van der Waals surface area contributed by atoms with Gasteiger partial charge in [-0.15, -0.1) is 0 Å². The van der Waals surface area contributed by atoms with Crippen molar-refractivity contribution in [2.75, 3.05) is 18.0 Å². The van der Waals surface area contributed by atoms with Crippen LogP contribution in [0, 0.1) is 5.92 Å². The van der Waals surface area contributed by atoms with Crippen molar-refractivity contribution in [3.8, 4) is 0 Å². The van der Waals surface area contributed by atoms with Gasteiger partial charge in [-0.2, -0.15) is 0 Å². The SMILES string of the molecule is C=C(C1CCN(c2ccccn2)CC1)C(C)(O)c1cccc(Cn2c(=O)[nH]c(=O)c3ccccc32)c1. The number of nitrogens with one attached hydrogen (secondary N) is 1. The molecule has 7 nitrogen and oxygen atoms in total. The maximum atomic E-state index is 12.6. The van der Waals surface area contributed by atoms with E-state index in [4.69, 9.17) is 0 Å². The zero-order valence-corrected chi connectivity index (χ0v) is 20.4. The van der Waals surface area contributed by atoms with Gasteiger partial charge in [0.05, 0.1) is 17.4 Å². The quantitative estimate of drug-likeness (QED) is 0.408. The standard InChI is InChI=1S/C29H30N4O3/c1-20(22-13-16-32(17-14-22)26-12-5-6-15-30-26)29(2,36)23-9-7-8-21(18-23)19-33-25-11-4-3-10-24(25)27(34)31-28(33)35/h3-12,15,18,22,36H,1,13-14,16-17,19H2,2H3,(H,31,34,35). The third kappa shape index (κ3) is 4.50. The van der Waals surface area contributed by atoms with Gasteiger partial charge in [-0.25, -0.2) is 9.78 Å². The summed E-state index contributed by atoms with van der Waals surface area (Å²) in [6.07, 6.45) is 3.59. The Balaban J connectivity index is 1.36. The highest BCUT2D eigenvalue weighted by atomic mass is 16.3. The van der Waals surface area contributed by atoms with Crippen LogP contribution >= 0.6 is 0 Å². The molecule has 1 saturated heterocycles. The molecule has 2 N–H and O–H groups in total. The predicted molar refractivity (Wildman–Crippen MR) is 142 cm³/mol. The first-order chi connectivity index (χ1) is 17.3. The van der Waals surface area contributed by atoms with E-state index in [1.54, 1.807) is 29.7 Å². The Morgan fingerprint density at radius 3 is 2.58 bits per heavy atom. The van der Waals surface area contributed by atoms with Crippen LogP contribution in [0.2, 0.25) is 0 Å². The van der Waals surface area contributed by atoms with Gasteiger partial charge in [0.2, 0.25) is 0 Å². The van der Waals surface area contributed by atoms with E-state index < -0.39 is 16.9 Å². The Labute approximate surface area is 209 Å². The van der Waals surface area contributed by atoms with E-state index in [0.29, 0.717) is 10.9 Å². The molecule has 1 atom stereocenters. The molecule has 5 rings (SSSR count). The second-order valence-electron chi connectivity index (χ2n) is 9.61. The zero-order valence-electron chi connectivity index (χ0n) is 20.4. The second-order valence-corrected chi connectivity index (χ2v) is 9.61. The highest BCUT2D eigenvalue weighted by molar-refractivity contribution is 5.77. The summed E-state index contributed by atoms with van der Waals surface area (Å²) in [5.74, 6) is 1.17. The molecule has 1 fully saturated rings. The number of aromatic amines is 1. The molecular weight excluding hydrogens is 452 g/mol. The number of aromatic nitrogens is 3. The minimum atomic E-state index is -1.22. The molecule has 1 aliphatic rings. The number of para-hydroxylation sites is 1. The fourth-order valence-electron chi connectivity index (χ4n) is 5.14. The summed E-state index contributed by atoms with van der Waals surface area (Å²) in [4.78, 5) is 33.9. The molecule has 2 aromatic carbocycles. The van der Waals surface area contributed by atoms with E-state index >= 15 is 0 Å². The van der Waals surface area contributed by atoms with E-state index in [2.05, 4.69) is 21.4 Å². The Kier molecular flexibility index (Phi) is 6.33. The highest BCUT2D eigenvalue weighted by Crippen LogP contribution is 2.38. The van der Waals surface area contributed by atoms with Gasteiger partial charge in [0.15, 0.2) is 0 Å². The van der Waals surface area contributed by atoms with Crippen LogP contribution in [-0.2, 0) is 12.1 Å². The monoisotopic (exact) mass is 482 g/mol. The van der Waals surface area contributed by atoms with E-state index in [1.807, 2.05) is 54.7 Å². The molecule has 4 aromatic rings. The molecule has 2 aromatic heterocycles. The molecule has 0 radical (unpaired) electrons. The molecule has 0 bridgehead atoms. The number of fused-ring (bicyclic) bond motifs is 1. The van der Waals surface area contributed by atoms with Crippen LogP contribution < -0.4 is 16.1 Å². The summed E-state index contributed by atoms with van der Waals surface area (Å²) in [6.45, 7) is 8.11. The molecule has 36 heavy (non-hydrogen) atoms. The van der Waals surface area contributed by atoms with Gasteiger partial charge in [0.1, 0.15) is 11.4 Å². The molecule has 1 unspecified atom stereocenters. The lowest BCUT2D eigenvalue weighted by Gasteiger charge is -2.38. The minimum Gasteiger partial charge on any atom is -0.381 e. The van der Waals surface area contributed by atoms with Crippen molar-refractivity contribution in [3.05, 3.63) is 117 Å². The summed E-state index contributed by atoms with van der Waals surface area (Å²) >= 11 is 0. The van der Waals surface area contributed by atoms with E-state index in [0.717, 1.165) is 48.4 Å². The van der Waals surface area contributed by atoms with Crippen LogP contribution in [0.5, 0.6) is 0 Å². The van der Waals surface area contributed by atoms with E-state index in [-0.39, 0.29) is 12.5 Å². The number of nitrogens with zero attached hydrogens (tertiary/aromatic N) is 3. The van der Waals surface area contributed by atoms with Gasteiger partial charge >= 0.3 is 5.69 Å². The first-order valence-corrected chi connectivity index (χ1v) is 12.2. The lowest BCUT2D eigenvalue weighted by molar-refractivity contribution is 0.0828. The molecular formula is C29H30N4O3. The molecule has 7 heteroatoms. The first kappa shape index (κ1) is 23.8. The number of hydrogen-bond donors (Lipinski definition) is 2. The first-order valence-electron chi connectivity index (χ1n) is 12.2. The average Bonchev–Trinajstić information content (AvgIpc) is 2.91. The fraction of sp³-hybridized carbons (Fsp3) is 0.276. The van der Waals surface area contributed by atoms with Crippen LogP contribution in [0.3, 0.4) is 0 Å². The highest BCUT2D eigenvalue weighted by Gasteiger charge is 2.34. The number of H-pyrrole nitrogens is 1. The maximum Gasteiger partial charge on any atom is 0.329 e. The molecule has 3 heterocycles. The van der Waals surface area contributed by atoms with Crippen molar-refractivity contribution >= 4 is 16.7 Å². The lowest BCUT2D eigenvalue weighted by Crippen LogP contribution is -2.38. The minimum absolute atomic E-state index is 0.189. The van der Waals surface area contributed by atoms with Crippen LogP contribution in [0.25, 0.3) is 10.9 Å². The van der Waals surface area contributed by atoms with Crippen molar-refractivity contribution in [1.82, 2.24) is 14.5 Å². The number of rotatable bonds is 6. The zero-order chi connectivity index (χ0) is 25.3. The molecule has 184 valence electrons. The Hall–Kier alpha value is -3.97. The molecule has 0 aliphatic carbocycles. The Morgan fingerprint density at radius 2 is 1.83 bits per heavy atom. The third-order valence-electron chi connectivity index (χ3n) is 7.32. The number of anilines is 1. The molecule has 0 saturated carbocycles. The van der Waals surface area contributed by atoms with Crippen molar-refractivity contribution in [3.63, 3.8) is 0 Å². The van der Waals surface area contributed by atoms with Crippen molar-refractivity contribution in [1.29, 1.82) is 0 Å². The van der Waals surface area contributed by atoms with Crippen LogP contribution in [0.4, 0.5) is 5.82 Å². The van der Waals surface area contributed by atoms with E-state index in [1.165, 1.54) is 0 Å². The van der Waals surface area contributed by atoms with Gasteiger partial charge in [-0.3, -0.25) is 14.3 Å². The number of hydrogen-bond acceptors (Lipinski definition) is 5. The average molecular weight is 483 g/mol. The number of benzene rings is 2. The number of pyridine rings is 1. The molecule has 0 spiro atoms. The van der Waals surface area contributed by atoms with Crippen molar-refractivity contribution in [2.24, 2.45) is 5.92 Å². The van der Waals surface area contributed by atoms with Gasteiger partial charge in [0.25, 0.3) is 5.56 Å². The van der Waals surface area contributed by atoms with Crippen molar-refractivity contribution < 1.29 is 5.11 Å². The lowest BCUT2D eigenvalue weighted by atomic mass is 9.77. The summed E-state index contributed by atoms with van der Waals surface area (Å²) in [5.41, 5.74) is 0.892. The van der Waals surface area contributed by atoms with Crippen LogP contribution in [0.1, 0.15) is 30.9 Å². The maximum absolute atomic E-state index is 12.6. The summed E-state index contributed by atoms with van der Waals surface area (Å²) < 4.78 is 1.55. The topological polar surface area (TPSA) is 91.2 Å². The van der Waals surface area contributed by atoms with Gasteiger partial charge in [0, 0.05) is 19.3 Å². The third-order valence-corrected chi connectivity index (χ3v) is 7.32. The van der Waals surface area contributed by atoms with Gasteiger partial charge in [-0.05, 0) is 66.6 Å². The van der Waals surface area contributed by atoms with Gasteiger partial charge in [-0.1, -0.05) is 49.0 Å². The number of piperidine rings is 1. The second kappa shape index (κ2) is 9.59. The Bertz CT molecular complexity index is 1510. The normalized spacial score (nSPS) is 16.1. The Morgan fingerprint density at radius 1 is 1.08 bits per heavy atom. The smallest absolute Gasteiger partial charge is 0.329 e. The van der Waals surface area contributed by atoms with Crippen LogP contribution in [0.15, 0.2) is 94.7 Å². The van der Waals surface area contributed by atoms with E-state index in [9.17, 15) is 14.7 Å². The van der Waals surface area contributed by atoms with Gasteiger partial charge < -0.3 is 10.0 Å². The van der Waals surface area contributed by atoms with Crippen LogP contribution in [-0.4, -0.2) is 32.7 Å². The summed E-state index contributed by atoms with van der Waals surface area (Å²) in [6, 6.07) is 20.6. The summed E-state index contributed by atoms with van der Waals surface area (Å²) in [5, 5.41) is 12.1. The fourth-order valence-corrected chi connectivity index (χ4v) is 5.14. The molecule has 1 aliphatic heterocycles.